The lowest BCUT2D eigenvalue weighted by Gasteiger charge is -1.94. The summed E-state index contributed by atoms with van der Waals surface area (Å²) >= 11 is 0. The summed E-state index contributed by atoms with van der Waals surface area (Å²) in [5.41, 5.74) is 0. The highest BCUT2D eigenvalue weighted by molar-refractivity contribution is 5.93. The maximum atomic E-state index is 10.7. The number of nitrogens with zero attached hydrogens (tertiary/aromatic N) is 1. The standard InChI is InChI=1S/C7H8N2O3/c8-4-1-5-9-6(10)2-3-7(11)12/h2-3H,1,5H2,(H,9,10)(H,11,12)/b3-2-. The minimum atomic E-state index is -1.18. The van der Waals surface area contributed by atoms with Crippen LogP contribution >= 0.6 is 0 Å². The second-order valence-corrected chi connectivity index (χ2v) is 1.87. The van der Waals surface area contributed by atoms with Gasteiger partial charge in [0.25, 0.3) is 0 Å². The summed E-state index contributed by atoms with van der Waals surface area (Å²) < 4.78 is 0. The topological polar surface area (TPSA) is 90.2 Å². The number of rotatable bonds is 4. The Bertz CT molecular complexity index is 240. The lowest BCUT2D eigenvalue weighted by atomic mass is 10.4. The molecule has 0 bridgehead atoms. The number of carboxylic acids is 1. The van der Waals surface area contributed by atoms with Crippen LogP contribution in [0.3, 0.4) is 0 Å². The highest BCUT2D eigenvalue weighted by Gasteiger charge is 1.94. The number of nitrogens with one attached hydrogen (secondary N) is 1. The van der Waals surface area contributed by atoms with E-state index in [0.717, 1.165) is 12.2 Å². The van der Waals surface area contributed by atoms with Crippen molar-refractivity contribution in [1.29, 1.82) is 5.26 Å². The van der Waals surface area contributed by atoms with Crippen molar-refractivity contribution < 1.29 is 14.7 Å². The van der Waals surface area contributed by atoms with Crippen LogP contribution in [-0.2, 0) is 9.59 Å². The van der Waals surface area contributed by atoms with E-state index in [0.29, 0.717) is 0 Å². The number of nitriles is 1. The summed E-state index contributed by atoms with van der Waals surface area (Å²) in [4.78, 5) is 20.6. The minimum Gasteiger partial charge on any atom is -0.478 e. The van der Waals surface area contributed by atoms with Crippen molar-refractivity contribution in [3.05, 3.63) is 12.2 Å². The monoisotopic (exact) mass is 168 g/mol. The smallest absolute Gasteiger partial charge is 0.328 e. The quantitative estimate of drug-likeness (QED) is 0.443. The Hall–Kier alpha value is -1.83. The van der Waals surface area contributed by atoms with Gasteiger partial charge >= 0.3 is 5.97 Å². The fourth-order valence-electron chi connectivity index (χ4n) is 0.448. The lowest BCUT2D eigenvalue weighted by Crippen LogP contribution is -2.21. The molecule has 0 aliphatic rings. The molecule has 5 heteroatoms. The summed E-state index contributed by atoms with van der Waals surface area (Å²) in [5.74, 6) is -1.68. The van der Waals surface area contributed by atoms with E-state index in [4.69, 9.17) is 10.4 Å². The van der Waals surface area contributed by atoms with Crippen LogP contribution in [0.25, 0.3) is 0 Å². The number of carbonyl (C=O) groups is 2. The van der Waals surface area contributed by atoms with Crippen LogP contribution in [0.15, 0.2) is 12.2 Å². The first-order valence-corrected chi connectivity index (χ1v) is 3.22. The van der Waals surface area contributed by atoms with Gasteiger partial charge in [-0.2, -0.15) is 5.26 Å². The molecule has 64 valence electrons. The van der Waals surface area contributed by atoms with Gasteiger partial charge < -0.3 is 10.4 Å². The third-order valence-corrected chi connectivity index (χ3v) is 0.913. The van der Waals surface area contributed by atoms with E-state index >= 15 is 0 Å². The molecule has 0 aromatic rings. The van der Waals surface area contributed by atoms with E-state index < -0.39 is 11.9 Å². The summed E-state index contributed by atoms with van der Waals surface area (Å²) in [6, 6.07) is 1.83. The first kappa shape index (κ1) is 10.2. The number of carboxylic acid groups (broad SMARTS) is 1. The van der Waals surface area contributed by atoms with Gasteiger partial charge in [0.2, 0.25) is 5.91 Å². The number of hydrogen-bond donors (Lipinski definition) is 2. The van der Waals surface area contributed by atoms with Gasteiger partial charge in [-0.15, -0.1) is 0 Å². The molecule has 2 N–H and O–H groups in total. The van der Waals surface area contributed by atoms with Crippen molar-refractivity contribution in [2.24, 2.45) is 0 Å². The van der Waals surface area contributed by atoms with Crippen molar-refractivity contribution >= 4 is 11.9 Å². The van der Waals surface area contributed by atoms with E-state index in [2.05, 4.69) is 5.32 Å². The largest absolute Gasteiger partial charge is 0.478 e. The van der Waals surface area contributed by atoms with E-state index in [9.17, 15) is 9.59 Å². The van der Waals surface area contributed by atoms with Crippen molar-refractivity contribution in [3.63, 3.8) is 0 Å². The molecule has 0 unspecified atom stereocenters. The van der Waals surface area contributed by atoms with Crippen molar-refractivity contribution in [3.8, 4) is 6.07 Å². The summed E-state index contributed by atoms with van der Waals surface area (Å²) in [6.45, 7) is 0.235. The van der Waals surface area contributed by atoms with E-state index in [1.165, 1.54) is 0 Å². The van der Waals surface area contributed by atoms with Crippen LogP contribution < -0.4 is 5.32 Å². The highest BCUT2D eigenvalue weighted by Crippen LogP contribution is 1.76. The molecule has 12 heavy (non-hydrogen) atoms. The second kappa shape index (κ2) is 5.92. The number of carbonyl (C=O) groups excluding carboxylic acids is 1. The molecule has 5 nitrogen and oxygen atoms in total. The fourth-order valence-corrected chi connectivity index (χ4v) is 0.448. The average molecular weight is 168 g/mol. The Morgan fingerprint density at radius 3 is 2.67 bits per heavy atom. The molecular formula is C7H8N2O3. The van der Waals surface area contributed by atoms with Crippen LogP contribution in [0.4, 0.5) is 0 Å². The van der Waals surface area contributed by atoms with Crippen LogP contribution in [0.2, 0.25) is 0 Å². The molecule has 0 fully saturated rings. The molecular weight excluding hydrogens is 160 g/mol. The van der Waals surface area contributed by atoms with Gasteiger partial charge in [0.15, 0.2) is 0 Å². The first-order chi connectivity index (χ1) is 5.66. The molecule has 0 aliphatic carbocycles. The molecule has 0 rings (SSSR count). The van der Waals surface area contributed by atoms with E-state index in [1.807, 2.05) is 6.07 Å². The van der Waals surface area contributed by atoms with Gasteiger partial charge in [-0.25, -0.2) is 4.79 Å². The molecule has 1 amide bonds. The molecule has 0 aromatic carbocycles. The van der Waals surface area contributed by atoms with Crippen LogP contribution in [0, 0.1) is 11.3 Å². The molecule has 0 aliphatic heterocycles. The van der Waals surface area contributed by atoms with Crippen molar-refractivity contribution in [2.75, 3.05) is 6.54 Å². The van der Waals surface area contributed by atoms with Gasteiger partial charge in [-0.3, -0.25) is 4.79 Å². The molecule has 0 heterocycles. The maximum absolute atomic E-state index is 10.7. The zero-order valence-corrected chi connectivity index (χ0v) is 6.28. The average Bonchev–Trinajstić information content (AvgIpc) is 2.01. The lowest BCUT2D eigenvalue weighted by molar-refractivity contribution is -0.131. The summed E-state index contributed by atoms with van der Waals surface area (Å²) in [6.07, 6.45) is 1.86. The Kier molecular flexibility index (Phi) is 5.02. The molecule has 0 spiro atoms. The van der Waals surface area contributed by atoms with Crippen LogP contribution in [0.1, 0.15) is 6.42 Å². The van der Waals surface area contributed by atoms with Gasteiger partial charge in [-0.05, 0) is 0 Å². The van der Waals surface area contributed by atoms with Gasteiger partial charge in [0, 0.05) is 18.7 Å². The maximum Gasteiger partial charge on any atom is 0.328 e. The molecule has 0 radical (unpaired) electrons. The van der Waals surface area contributed by atoms with Gasteiger partial charge in [-0.1, -0.05) is 0 Å². The minimum absolute atomic E-state index is 0.215. The van der Waals surface area contributed by atoms with Crippen molar-refractivity contribution in [2.45, 2.75) is 6.42 Å². The third-order valence-electron chi connectivity index (χ3n) is 0.913. The summed E-state index contributed by atoms with van der Waals surface area (Å²) in [5, 5.41) is 18.5. The molecule has 0 aromatic heterocycles. The normalized spacial score (nSPS) is 9.25. The zero-order chi connectivity index (χ0) is 9.40. The van der Waals surface area contributed by atoms with E-state index in [1.54, 1.807) is 0 Å². The fraction of sp³-hybridized carbons (Fsp3) is 0.286. The van der Waals surface area contributed by atoms with Crippen LogP contribution in [0.5, 0.6) is 0 Å². The second-order valence-electron chi connectivity index (χ2n) is 1.87. The Balaban J connectivity index is 3.61. The van der Waals surface area contributed by atoms with Gasteiger partial charge in [0.1, 0.15) is 0 Å². The van der Waals surface area contributed by atoms with E-state index in [-0.39, 0.29) is 13.0 Å². The van der Waals surface area contributed by atoms with Crippen molar-refractivity contribution in [1.82, 2.24) is 5.32 Å². The Morgan fingerprint density at radius 1 is 1.50 bits per heavy atom. The predicted octanol–water partition coefficient (Wildman–Crippen LogP) is -0.343. The Labute approximate surface area is 69.3 Å². The number of amides is 1. The number of aliphatic carboxylic acids is 1. The highest BCUT2D eigenvalue weighted by atomic mass is 16.4. The zero-order valence-electron chi connectivity index (χ0n) is 6.28. The SMILES string of the molecule is N#CCCNC(=O)/C=C\C(=O)O. The number of hydrogen-bond acceptors (Lipinski definition) is 3. The Morgan fingerprint density at radius 2 is 2.17 bits per heavy atom. The molecule has 0 atom stereocenters. The first-order valence-electron chi connectivity index (χ1n) is 3.22. The molecule has 0 saturated carbocycles. The van der Waals surface area contributed by atoms with Crippen LogP contribution in [-0.4, -0.2) is 23.5 Å². The molecule has 0 saturated heterocycles. The van der Waals surface area contributed by atoms with Gasteiger partial charge in [0.05, 0.1) is 12.5 Å². The predicted molar refractivity (Wildman–Crippen MR) is 40.0 cm³/mol. The third kappa shape index (κ3) is 6.29. The summed E-state index contributed by atoms with van der Waals surface area (Å²) in [7, 11) is 0.